The van der Waals surface area contributed by atoms with Crippen LogP contribution in [0.1, 0.15) is 43.8 Å². The first-order valence-electron chi connectivity index (χ1n) is 6.13. The molecule has 0 saturated heterocycles. The molecule has 0 aliphatic carbocycles. The van der Waals surface area contributed by atoms with Crippen LogP contribution in [-0.4, -0.2) is 14.5 Å². The number of nitrogens with two attached hydrogens (primary N) is 1. The van der Waals surface area contributed by atoms with Gasteiger partial charge in [0.15, 0.2) is 0 Å². The first-order chi connectivity index (χ1) is 8.08. The minimum Gasteiger partial charge on any atom is -0.335 e. The van der Waals surface area contributed by atoms with Crippen LogP contribution in [0.3, 0.4) is 0 Å². The lowest BCUT2D eigenvalue weighted by Crippen LogP contribution is -2.04. The van der Waals surface area contributed by atoms with E-state index in [0.29, 0.717) is 12.5 Å². The summed E-state index contributed by atoms with van der Waals surface area (Å²) in [4.78, 5) is 9.31. The van der Waals surface area contributed by atoms with Crippen LogP contribution in [0.15, 0.2) is 6.20 Å². The highest BCUT2D eigenvalue weighted by molar-refractivity contribution is 5.83. The van der Waals surface area contributed by atoms with Crippen molar-refractivity contribution in [2.45, 2.75) is 39.7 Å². The molecule has 2 rings (SSSR count). The van der Waals surface area contributed by atoms with Gasteiger partial charge in [0.05, 0.1) is 5.69 Å². The van der Waals surface area contributed by atoms with E-state index in [-0.39, 0.29) is 0 Å². The second-order valence-corrected chi connectivity index (χ2v) is 4.70. The van der Waals surface area contributed by atoms with Crippen molar-refractivity contribution in [1.29, 1.82) is 0 Å². The van der Waals surface area contributed by atoms with Crippen molar-refractivity contribution in [3.8, 4) is 0 Å². The number of rotatable bonds is 3. The highest BCUT2D eigenvalue weighted by Crippen LogP contribution is 2.24. The molecule has 0 saturated carbocycles. The smallest absolute Gasteiger partial charge is 0.143 e. The fraction of sp³-hybridized carbons (Fsp3) is 0.538. The van der Waals surface area contributed by atoms with Crippen LogP contribution in [0.5, 0.6) is 0 Å². The van der Waals surface area contributed by atoms with Gasteiger partial charge in [-0.15, -0.1) is 0 Å². The summed E-state index contributed by atoms with van der Waals surface area (Å²) < 4.78 is 2.05. The Morgan fingerprint density at radius 2 is 2.06 bits per heavy atom. The van der Waals surface area contributed by atoms with Gasteiger partial charge in [-0.05, 0) is 12.0 Å². The maximum atomic E-state index is 5.78. The van der Waals surface area contributed by atoms with Gasteiger partial charge in [0, 0.05) is 31.1 Å². The number of nitrogens with zero attached hydrogens (tertiary/aromatic N) is 3. The quantitative estimate of drug-likeness (QED) is 0.881. The molecule has 0 fully saturated rings. The third-order valence-electron chi connectivity index (χ3n) is 3.06. The lowest BCUT2D eigenvalue weighted by molar-refractivity contribution is 0.762. The van der Waals surface area contributed by atoms with Crippen LogP contribution in [0.2, 0.25) is 0 Å². The lowest BCUT2D eigenvalue weighted by Gasteiger charge is -2.08. The van der Waals surface area contributed by atoms with Gasteiger partial charge in [0.2, 0.25) is 0 Å². The minimum atomic E-state index is 0.348. The average molecular weight is 232 g/mol. The van der Waals surface area contributed by atoms with Crippen molar-refractivity contribution < 1.29 is 0 Å². The summed E-state index contributed by atoms with van der Waals surface area (Å²) in [5.74, 6) is 1.26. The molecule has 0 spiro atoms. The first kappa shape index (κ1) is 12.0. The van der Waals surface area contributed by atoms with Crippen molar-refractivity contribution in [2.24, 2.45) is 12.8 Å². The van der Waals surface area contributed by atoms with Crippen molar-refractivity contribution in [3.63, 3.8) is 0 Å². The number of fused-ring (bicyclic) bond motifs is 1. The second-order valence-electron chi connectivity index (χ2n) is 4.70. The number of aromatic nitrogens is 3. The molecule has 0 atom stereocenters. The molecule has 2 aromatic rings. The van der Waals surface area contributed by atoms with Gasteiger partial charge >= 0.3 is 0 Å². The van der Waals surface area contributed by atoms with Gasteiger partial charge < -0.3 is 10.3 Å². The lowest BCUT2D eigenvalue weighted by atomic mass is 10.1. The van der Waals surface area contributed by atoms with Crippen molar-refractivity contribution in [3.05, 3.63) is 23.3 Å². The Labute approximate surface area is 102 Å². The fourth-order valence-electron chi connectivity index (χ4n) is 2.13. The molecule has 17 heavy (non-hydrogen) atoms. The number of hydrogen-bond donors (Lipinski definition) is 1. The van der Waals surface area contributed by atoms with Crippen LogP contribution in [0.4, 0.5) is 0 Å². The Morgan fingerprint density at radius 1 is 1.35 bits per heavy atom. The first-order valence-corrected chi connectivity index (χ1v) is 6.13. The summed E-state index contributed by atoms with van der Waals surface area (Å²) in [6, 6.07) is 0. The molecule has 2 aromatic heterocycles. The van der Waals surface area contributed by atoms with Crippen LogP contribution >= 0.6 is 0 Å². The van der Waals surface area contributed by atoms with Gasteiger partial charge in [0.25, 0.3) is 0 Å². The highest BCUT2D eigenvalue weighted by atomic mass is 15.0. The van der Waals surface area contributed by atoms with E-state index in [4.69, 9.17) is 5.73 Å². The van der Waals surface area contributed by atoms with E-state index in [2.05, 4.69) is 36.9 Å². The van der Waals surface area contributed by atoms with Gasteiger partial charge in [-0.25, -0.2) is 9.97 Å². The van der Waals surface area contributed by atoms with Crippen LogP contribution in [0.25, 0.3) is 11.0 Å². The molecule has 0 amide bonds. The van der Waals surface area contributed by atoms with E-state index in [9.17, 15) is 0 Å². The Balaban J connectivity index is 2.79. The fourth-order valence-corrected chi connectivity index (χ4v) is 2.13. The zero-order valence-corrected chi connectivity index (χ0v) is 11.0. The molecule has 0 aliphatic heterocycles. The molecule has 0 radical (unpaired) electrons. The van der Waals surface area contributed by atoms with Crippen molar-refractivity contribution in [1.82, 2.24) is 14.5 Å². The molecular formula is C13H20N4. The molecule has 2 heterocycles. The van der Waals surface area contributed by atoms with Crippen LogP contribution < -0.4 is 5.73 Å². The highest BCUT2D eigenvalue weighted by Gasteiger charge is 2.15. The summed E-state index contributed by atoms with van der Waals surface area (Å²) in [5.41, 5.74) is 9.03. The van der Waals surface area contributed by atoms with Crippen LogP contribution in [-0.2, 0) is 20.0 Å². The monoisotopic (exact) mass is 232 g/mol. The van der Waals surface area contributed by atoms with Crippen molar-refractivity contribution in [2.75, 3.05) is 0 Å². The standard InChI is InChI=1S/C13H20N4/c1-5-10-11-9(6-14)7-17(4)13(11)16-12(15-10)8(2)3/h7-8H,5-6,14H2,1-4H3. The Bertz CT molecular complexity index is 540. The Morgan fingerprint density at radius 3 is 2.59 bits per heavy atom. The maximum absolute atomic E-state index is 5.78. The molecule has 0 unspecified atom stereocenters. The third-order valence-corrected chi connectivity index (χ3v) is 3.06. The Hall–Kier alpha value is -1.42. The third kappa shape index (κ3) is 1.93. The van der Waals surface area contributed by atoms with Crippen molar-refractivity contribution >= 4 is 11.0 Å². The summed E-state index contributed by atoms with van der Waals surface area (Å²) in [5, 5.41) is 1.14. The zero-order valence-electron chi connectivity index (χ0n) is 11.0. The normalized spacial score (nSPS) is 11.6. The van der Waals surface area contributed by atoms with E-state index in [1.165, 1.54) is 0 Å². The molecule has 2 N–H and O–H groups in total. The Kier molecular flexibility index (Phi) is 3.15. The topological polar surface area (TPSA) is 56.7 Å². The summed E-state index contributed by atoms with van der Waals surface area (Å²) in [6.07, 6.45) is 2.97. The van der Waals surface area contributed by atoms with Gasteiger partial charge in [-0.3, -0.25) is 0 Å². The summed E-state index contributed by atoms with van der Waals surface area (Å²) in [7, 11) is 2.01. The second kappa shape index (κ2) is 4.45. The minimum absolute atomic E-state index is 0.348. The molecule has 0 aliphatic rings. The summed E-state index contributed by atoms with van der Waals surface area (Å²) >= 11 is 0. The number of hydrogen-bond acceptors (Lipinski definition) is 3. The zero-order chi connectivity index (χ0) is 12.6. The van der Waals surface area contributed by atoms with E-state index in [1.54, 1.807) is 0 Å². The van der Waals surface area contributed by atoms with E-state index in [1.807, 2.05) is 11.6 Å². The van der Waals surface area contributed by atoms with E-state index < -0.39 is 0 Å². The van der Waals surface area contributed by atoms with Gasteiger partial charge in [-0.1, -0.05) is 20.8 Å². The maximum Gasteiger partial charge on any atom is 0.143 e. The molecule has 92 valence electrons. The molecule has 0 aromatic carbocycles. The predicted molar refractivity (Wildman–Crippen MR) is 69.9 cm³/mol. The van der Waals surface area contributed by atoms with E-state index in [0.717, 1.165) is 34.5 Å². The van der Waals surface area contributed by atoms with Gasteiger partial charge in [0.1, 0.15) is 11.5 Å². The average Bonchev–Trinajstić information content (AvgIpc) is 2.65. The number of aryl methyl sites for hydroxylation is 2. The largest absolute Gasteiger partial charge is 0.335 e. The van der Waals surface area contributed by atoms with Gasteiger partial charge in [-0.2, -0.15) is 0 Å². The van der Waals surface area contributed by atoms with E-state index >= 15 is 0 Å². The van der Waals surface area contributed by atoms with Crippen LogP contribution in [0, 0.1) is 0 Å². The molecular weight excluding hydrogens is 212 g/mol. The summed E-state index contributed by atoms with van der Waals surface area (Å²) in [6.45, 7) is 6.90. The SMILES string of the molecule is CCc1nc(C(C)C)nc2c1c(CN)cn2C. The predicted octanol–water partition coefficient (Wildman–Crippen LogP) is 2.11. The molecule has 0 bridgehead atoms. The molecule has 4 nitrogen and oxygen atoms in total. The molecule has 4 heteroatoms.